The van der Waals surface area contributed by atoms with Gasteiger partial charge in [0.05, 0.1) is 6.10 Å². The predicted octanol–water partition coefficient (Wildman–Crippen LogP) is 0.552. The van der Waals surface area contributed by atoms with Gasteiger partial charge in [0.2, 0.25) is 0 Å². The molecule has 0 aromatic heterocycles. The van der Waals surface area contributed by atoms with Crippen LogP contribution in [0.15, 0.2) is 0 Å². The molecule has 98 valence electrons. The second-order valence-electron chi connectivity index (χ2n) is 6.46. The van der Waals surface area contributed by atoms with Crippen LogP contribution in [0.5, 0.6) is 0 Å². The number of piperazine rings is 1. The molecule has 0 radical (unpaired) electrons. The number of hydrogen-bond donors (Lipinski definition) is 1. The molecule has 0 amide bonds. The lowest BCUT2D eigenvalue weighted by Gasteiger charge is -2.56. The van der Waals surface area contributed by atoms with Gasteiger partial charge in [-0.1, -0.05) is 13.8 Å². The van der Waals surface area contributed by atoms with Crippen LogP contribution >= 0.6 is 0 Å². The molecule has 0 spiro atoms. The van der Waals surface area contributed by atoms with Gasteiger partial charge in [0, 0.05) is 50.2 Å². The summed E-state index contributed by atoms with van der Waals surface area (Å²) < 4.78 is 5.84. The second kappa shape index (κ2) is 4.19. The topological polar surface area (TPSA) is 27.7 Å². The summed E-state index contributed by atoms with van der Waals surface area (Å²) in [6, 6.07) is 0.610. The molecule has 2 aliphatic heterocycles. The highest BCUT2D eigenvalue weighted by Crippen LogP contribution is 2.52. The smallest absolute Gasteiger partial charge is 0.0686 e. The highest BCUT2D eigenvalue weighted by atomic mass is 16.5. The Hall–Kier alpha value is -0.160. The Labute approximate surface area is 104 Å². The standard InChI is InChI=1S/C13H25N3O/c1-13(2)11(10-4-9-17-12(10)13)14-16-7-5-15(3)6-8-16/h10-12,14H,4-9H2,1-3H3. The van der Waals surface area contributed by atoms with Crippen LogP contribution in [0.2, 0.25) is 0 Å². The Kier molecular flexibility index (Phi) is 2.94. The van der Waals surface area contributed by atoms with Crippen LogP contribution < -0.4 is 5.43 Å². The molecule has 1 aliphatic carbocycles. The number of rotatable bonds is 2. The van der Waals surface area contributed by atoms with Crippen molar-refractivity contribution in [2.45, 2.75) is 32.4 Å². The fraction of sp³-hybridized carbons (Fsp3) is 1.00. The van der Waals surface area contributed by atoms with Crippen LogP contribution in [0.4, 0.5) is 0 Å². The zero-order chi connectivity index (χ0) is 12.0. The predicted molar refractivity (Wildman–Crippen MR) is 67.6 cm³/mol. The summed E-state index contributed by atoms with van der Waals surface area (Å²) in [7, 11) is 2.20. The van der Waals surface area contributed by atoms with E-state index >= 15 is 0 Å². The summed E-state index contributed by atoms with van der Waals surface area (Å²) in [6.07, 6.45) is 1.73. The lowest BCUT2D eigenvalue weighted by molar-refractivity contribution is -0.135. The number of nitrogens with one attached hydrogen (secondary N) is 1. The summed E-state index contributed by atoms with van der Waals surface area (Å²) in [4.78, 5) is 2.39. The van der Waals surface area contributed by atoms with Crippen molar-refractivity contribution in [2.24, 2.45) is 11.3 Å². The highest BCUT2D eigenvalue weighted by molar-refractivity contribution is 5.10. The van der Waals surface area contributed by atoms with E-state index in [1.165, 1.54) is 19.5 Å². The van der Waals surface area contributed by atoms with E-state index in [0.717, 1.165) is 25.6 Å². The zero-order valence-electron chi connectivity index (χ0n) is 11.3. The zero-order valence-corrected chi connectivity index (χ0v) is 11.3. The van der Waals surface area contributed by atoms with Gasteiger partial charge in [-0.3, -0.25) is 5.43 Å². The van der Waals surface area contributed by atoms with Crippen molar-refractivity contribution in [3.63, 3.8) is 0 Å². The summed E-state index contributed by atoms with van der Waals surface area (Å²) in [5, 5.41) is 2.42. The van der Waals surface area contributed by atoms with Crippen molar-refractivity contribution in [3.05, 3.63) is 0 Å². The molecular formula is C13H25N3O. The molecule has 3 atom stereocenters. The molecule has 2 heterocycles. The average molecular weight is 239 g/mol. The Morgan fingerprint density at radius 2 is 1.88 bits per heavy atom. The second-order valence-corrected chi connectivity index (χ2v) is 6.46. The molecule has 17 heavy (non-hydrogen) atoms. The van der Waals surface area contributed by atoms with Gasteiger partial charge in [-0.2, -0.15) is 0 Å². The SMILES string of the molecule is CN1CCN(NC2C3CCOC3C2(C)C)CC1. The third kappa shape index (κ3) is 1.91. The maximum atomic E-state index is 5.84. The number of likely N-dealkylation sites (N-methyl/N-ethyl adjacent to an activating group) is 1. The molecule has 3 rings (SSSR count). The minimum absolute atomic E-state index is 0.296. The van der Waals surface area contributed by atoms with E-state index in [-0.39, 0.29) is 0 Å². The van der Waals surface area contributed by atoms with Crippen LogP contribution in [0.25, 0.3) is 0 Å². The number of nitrogens with zero attached hydrogens (tertiary/aromatic N) is 2. The normalized spacial score (nSPS) is 42.2. The first kappa shape index (κ1) is 11.9. The van der Waals surface area contributed by atoms with E-state index in [1.54, 1.807) is 0 Å². The largest absolute Gasteiger partial charge is 0.377 e. The fourth-order valence-electron chi connectivity index (χ4n) is 3.72. The van der Waals surface area contributed by atoms with E-state index in [2.05, 4.69) is 36.2 Å². The van der Waals surface area contributed by atoms with Crippen molar-refractivity contribution in [1.29, 1.82) is 0 Å². The molecule has 0 aromatic carbocycles. The number of hydrazine groups is 1. The van der Waals surface area contributed by atoms with Crippen molar-refractivity contribution >= 4 is 0 Å². The van der Waals surface area contributed by atoms with Gasteiger partial charge < -0.3 is 9.64 Å². The van der Waals surface area contributed by atoms with Crippen molar-refractivity contribution in [1.82, 2.24) is 15.3 Å². The molecule has 3 aliphatic rings. The molecule has 4 nitrogen and oxygen atoms in total. The maximum absolute atomic E-state index is 5.84. The van der Waals surface area contributed by atoms with Gasteiger partial charge in [0.15, 0.2) is 0 Å². The van der Waals surface area contributed by atoms with Gasteiger partial charge in [0.25, 0.3) is 0 Å². The molecule has 1 N–H and O–H groups in total. The third-order valence-electron chi connectivity index (χ3n) is 4.93. The first-order valence-corrected chi connectivity index (χ1v) is 6.90. The van der Waals surface area contributed by atoms with E-state index in [1.807, 2.05) is 0 Å². The van der Waals surface area contributed by atoms with E-state index in [9.17, 15) is 0 Å². The summed E-state index contributed by atoms with van der Waals surface area (Å²) in [5.41, 5.74) is 4.06. The van der Waals surface area contributed by atoms with Gasteiger partial charge >= 0.3 is 0 Å². The molecule has 2 saturated heterocycles. The van der Waals surface area contributed by atoms with E-state index in [4.69, 9.17) is 4.74 Å². The summed E-state index contributed by atoms with van der Waals surface area (Å²) >= 11 is 0. The third-order valence-corrected chi connectivity index (χ3v) is 4.93. The van der Waals surface area contributed by atoms with Crippen molar-refractivity contribution < 1.29 is 4.74 Å². The minimum atomic E-state index is 0.296. The number of hydrogen-bond acceptors (Lipinski definition) is 4. The van der Waals surface area contributed by atoms with Crippen LogP contribution in [-0.4, -0.2) is 61.9 Å². The Balaban J connectivity index is 1.58. The van der Waals surface area contributed by atoms with Crippen LogP contribution in [0.1, 0.15) is 20.3 Å². The minimum Gasteiger partial charge on any atom is -0.377 e. The Bertz CT molecular complexity index is 286. The first-order chi connectivity index (χ1) is 8.09. The summed E-state index contributed by atoms with van der Waals surface area (Å²) in [6.45, 7) is 10.3. The molecule has 4 heteroatoms. The Morgan fingerprint density at radius 3 is 2.59 bits per heavy atom. The average Bonchev–Trinajstić information content (AvgIpc) is 2.75. The number of fused-ring (bicyclic) bond motifs is 1. The first-order valence-electron chi connectivity index (χ1n) is 6.90. The van der Waals surface area contributed by atoms with Crippen LogP contribution in [0, 0.1) is 11.3 Å². The van der Waals surface area contributed by atoms with Gasteiger partial charge in [-0.25, -0.2) is 5.01 Å². The quantitative estimate of drug-likeness (QED) is 0.762. The van der Waals surface area contributed by atoms with Crippen LogP contribution in [0.3, 0.4) is 0 Å². The van der Waals surface area contributed by atoms with Gasteiger partial charge in [0.1, 0.15) is 0 Å². The van der Waals surface area contributed by atoms with Crippen LogP contribution in [-0.2, 0) is 4.74 Å². The molecular weight excluding hydrogens is 214 g/mol. The monoisotopic (exact) mass is 239 g/mol. The van der Waals surface area contributed by atoms with E-state index in [0.29, 0.717) is 17.6 Å². The highest BCUT2D eigenvalue weighted by Gasteiger charge is 2.59. The molecule has 0 aromatic rings. The number of ether oxygens (including phenoxy) is 1. The molecule has 1 saturated carbocycles. The van der Waals surface area contributed by atoms with Gasteiger partial charge in [-0.15, -0.1) is 0 Å². The van der Waals surface area contributed by atoms with E-state index < -0.39 is 0 Å². The lowest BCUT2D eigenvalue weighted by atomic mass is 9.57. The van der Waals surface area contributed by atoms with Crippen molar-refractivity contribution in [3.8, 4) is 0 Å². The lowest BCUT2D eigenvalue weighted by Crippen LogP contribution is -2.69. The Morgan fingerprint density at radius 1 is 1.18 bits per heavy atom. The summed E-state index contributed by atoms with van der Waals surface area (Å²) in [5.74, 6) is 0.740. The molecule has 0 bridgehead atoms. The maximum Gasteiger partial charge on any atom is 0.0686 e. The fourth-order valence-corrected chi connectivity index (χ4v) is 3.72. The van der Waals surface area contributed by atoms with Gasteiger partial charge in [-0.05, 0) is 13.5 Å². The molecule has 3 fully saturated rings. The van der Waals surface area contributed by atoms with Crippen molar-refractivity contribution in [2.75, 3.05) is 39.8 Å². The molecule has 3 unspecified atom stereocenters.